The van der Waals surface area contributed by atoms with Crippen molar-refractivity contribution in [1.29, 1.82) is 0 Å². The van der Waals surface area contributed by atoms with Gasteiger partial charge in [0, 0.05) is 28.2 Å². The van der Waals surface area contributed by atoms with E-state index in [4.69, 9.17) is 16.3 Å². The average molecular weight is 406 g/mol. The van der Waals surface area contributed by atoms with E-state index in [1.54, 1.807) is 16.8 Å². The van der Waals surface area contributed by atoms with Gasteiger partial charge in [-0.2, -0.15) is 10.1 Å². The van der Waals surface area contributed by atoms with Crippen molar-refractivity contribution in [2.75, 3.05) is 5.32 Å². The predicted octanol–water partition coefficient (Wildman–Crippen LogP) is 5.78. The van der Waals surface area contributed by atoms with Gasteiger partial charge in [-0.3, -0.25) is 0 Å². The number of rotatable bonds is 5. The van der Waals surface area contributed by atoms with Crippen molar-refractivity contribution in [1.82, 2.24) is 19.7 Å². The van der Waals surface area contributed by atoms with Crippen LogP contribution < -0.4 is 10.1 Å². The molecule has 6 nitrogen and oxygen atoms in total. The highest BCUT2D eigenvalue weighted by Gasteiger charge is 2.09. The third-order valence-electron chi connectivity index (χ3n) is 4.22. The van der Waals surface area contributed by atoms with Crippen molar-refractivity contribution in [2.24, 2.45) is 0 Å². The van der Waals surface area contributed by atoms with Crippen molar-refractivity contribution in [3.05, 3.63) is 82.8 Å². The minimum Gasteiger partial charge on any atom is -0.457 e. The van der Waals surface area contributed by atoms with Gasteiger partial charge in [-0.05, 0) is 75.4 Å². The molecule has 0 atom stereocenters. The Morgan fingerprint density at radius 1 is 0.828 bits per heavy atom. The van der Waals surface area contributed by atoms with Crippen LogP contribution in [0.25, 0.3) is 5.95 Å². The summed E-state index contributed by atoms with van der Waals surface area (Å²) < 4.78 is 7.57. The zero-order chi connectivity index (χ0) is 20.4. The number of hydrogen-bond acceptors (Lipinski definition) is 5. The van der Waals surface area contributed by atoms with E-state index in [2.05, 4.69) is 20.4 Å². The van der Waals surface area contributed by atoms with Crippen LogP contribution in [0, 0.1) is 20.8 Å². The van der Waals surface area contributed by atoms with Crippen LogP contribution >= 0.6 is 11.6 Å². The van der Waals surface area contributed by atoms with E-state index < -0.39 is 0 Å². The maximum Gasteiger partial charge on any atom is 0.252 e. The predicted molar refractivity (Wildman–Crippen MR) is 115 cm³/mol. The van der Waals surface area contributed by atoms with Crippen molar-refractivity contribution in [3.63, 3.8) is 0 Å². The molecule has 0 bridgehead atoms. The van der Waals surface area contributed by atoms with Crippen molar-refractivity contribution in [3.8, 4) is 17.4 Å². The van der Waals surface area contributed by atoms with Gasteiger partial charge in [0.25, 0.3) is 5.95 Å². The lowest BCUT2D eigenvalue weighted by Gasteiger charge is -2.10. The number of aromatic nitrogens is 4. The maximum atomic E-state index is 5.90. The van der Waals surface area contributed by atoms with E-state index in [0.717, 1.165) is 34.3 Å². The summed E-state index contributed by atoms with van der Waals surface area (Å²) in [7, 11) is 0. The van der Waals surface area contributed by atoms with Crippen LogP contribution in [0.3, 0.4) is 0 Å². The van der Waals surface area contributed by atoms with Gasteiger partial charge in [-0.1, -0.05) is 11.6 Å². The molecular formula is C22H20ClN5O. The Kier molecular flexibility index (Phi) is 5.18. The van der Waals surface area contributed by atoms with Gasteiger partial charge >= 0.3 is 0 Å². The smallest absolute Gasteiger partial charge is 0.252 e. The molecule has 0 aliphatic rings. The summed E-state index contributed by atoms with van der Waals surface area (Å²) in [6.07, 6.45) is 0. The molecule has 2 aromatic carbocycles. The number of halogens is 1. The highest BCUT2D eigenvalue weighted by Crippen LogP contribution is 2.25. The van der Waals surface area contributed by atoms with Gasteiger partial charge in [-0.25, -0.2) is 9.67 Å². The topological polar surface area (TPSA) is 64.9 Å². The number of hydrogen-bond donors (Lipinski definition) is 1. The molecule has 0 amide bonds. The molecule has 1 N–H and O–H groups in total. The standard InChI is InChI=1S/C22H20ClN5O/c1-14-13-21(26-22(24-14)28-16(3)12-15(2)27-28)25-18-6-10-20(11-7-18)29-19-8-4-17(23)5-9-19/h4-13H,1-3H3,(H,24,25,26). The second kappa shape index (κ2) is 7.93. The molecule has 0 aliphatic carbocycles. The summed E-state index contributed by atoms with van der Waals surface area (Å²) >= 11 is 5.90. The molecule has 4 rings (SSSR count). The highest BCUT2D eigenvalue weighted by atomic mass is 35.5. The van der Waals surface area contributed by atoms with E-state index in [0.29, 0.717) is 16.8 Å². The first-order valence-corrected chi connectivity index (χ1v) is 9.54. The number of ether oxygens (including phenoxy) is 1. The Hall–Kier alpha value is -3.38. The Morgan fingerprint density at radius 3 is 2.10 bits per heavy atom. The molecule has 2 heterocycles. The van der Waals surface area contributed by atoms with Crippen LogP contribution in [0.2, 0.25) is 5.02 Å². The third kappa shape index (κ3) is 4.55. The minimum atomic E-state index is 0.542. The SMILES string of the molecule is Cc1cc(Nc2ccc(Oc3ccc(Cl)cc3)cc2)nc(-n2nc(C)cc2C)n1. The first-order valence-electron chi connectivity index (χ1n) is 9.16. The summed E-state index contributed by atoms with van der Waals surface area (Å²) in [6.45, 7) is 5.87. The van der Waals surface area contributed by atoms with Gasteiger partial charge in [0.1, 0.15) is 17.3 Å². The zero-order valence-corrected chi connectivity index (χ0v) is 17.1. The molecule has 0 saturated heterocycles. The average Bonchev–Trinajstić information content (AvgIpc) is 3.03. The molecule has 0 unspecified atom stereocenters. The summed E-state index contributed by atoms with van der Waals surface area (Å²) in [6, 6.07) is 18.8. The van der Waals surface area contributed by atoms with E-state index >= 15 is 0 Å². The Labute approximate surface area is 174 Å². The summed E-state index contributed by atoms with van der Waals surface area (Å²) in [5, 5.41) is 8.46. The van der Waals surface area contributed by atoms with E-state index in [1.165, 1.54) is 0 Å². The normalized spacial score (nSPS) is 10.8. The highest BCUT2D eigenvalue weighted by molar-refractivity contribution is 6.30. The quantitative estimate of drug-likeness (QED) is 0.456. The van der Waals surface area contributed by atoms with E-state index in [9.17, 15) is 0 Å². The van der Waals surface area contributed by atoms with Gasteiger partial charge in [-0.15, -0.1) is 0 Å². The Morgan fingerprint density at radius 2 is 1.48 bits per heavy atom. The monoisotopic (exact) mass is 405 g/mol. The number of nitrogens with zero attached hydrogens (tertiary/aromatic N) is 4. The number of aryl methyl sites for hydroxylation is 3. The van der Waals surface area contributed by atoms with Crippen molar-refractivity contribution >= 4 is 23.1 Å². The molecule has 0 aliphatic heterocycles. The van der Waals surface area contributed by atoms with Crippen molar-refractivity contribution < 1.29 is 4.74 Å². The largest absolute Gasteiger partial charge is 0.457 e. The molecule has 7 heteroatoms. The molecule has 2 aromatic heterocycles. The van der Waals surface area contributed by atoms with E-state index in [1.807, 2.05) is 69.3 Å². The lowest BCUT2D eigenvalue weighted by Crippen LogP contribution is -2.08. The molecule has 0 saturated carbocycles. The van der Waals surface area contributed by atoms with Crippen molar-refractivity contribution in [2.45, 2.75) is 20.8 Å². The van der Waals surface area contributed by atoms with Crippen LogP contribution in [0.4, 0.5) is 11.5 Å². The number of nitrogens with one attached hydrogen (secondary N) is 1. The van der Waals surface area contributed by atoms with Gasteiger partial charge in [0.2, 0.25) is 0 Å². The molecule has 0 spiro atoms. The Balaban J connectivity index is 1.52. The number of benzene rings is 2. The molecule has 146 valence electrons. The first-order chi connectivity index (χ1) is 14.0. The molecular weight excluding hydrogens is 386 g/mol. The lowest BCUT2D eigenvalue weighted by molar-refractivity contribution is 0.483. The molecule has 0 radical (unpaired) electrons. The van der Waals surface area contributed by atoms with Crippen LogP contribution in [-0.2, 0) is 0 Å². The second-order valence-electron chi connectivity index (χ2n) is 6.74. The first kappa shape index (κ1) is 19.0. The summed E-state index contributed by atoms with van der Waals surface area (Å²) in [4.78, 5) is 9.11. The summed E-state index contributed by atoms with van der Waals surface area (Å²) in [5.74, 6) is 2.71. The van der Waals surface area contributed by atoms with Gasteiger partial charge < -0.3 is 10.1 Å². The molecule has 4 aromatic rings. The third-order valence-corrected chi connectivity index (χ3v) is 4.47. The summed E-state index contributed by atoms with van der Waals surface area (Å²) in [5.41, 5.74) is 3.67. The minimum absolute atomic E-state index is 0.542. The van der Waals surface area contributed by atoms with E-state index in [-0.39, 0.29) is 0 Å². The van der Waals surface area contributed by atoms with Crippen LogP contribution in [0.5, 0.6) is 11.5 Å². The fourth-order valence-electron chi connectivity index (χ4n) is 2.94. The van der Waals surface area contributed by atoms with Crippen LogP contribution in [0.15, 0.2) is 60.7 Å². The fraction of sp³-hybridized carbons (Fsp3) is 0.136. The number of anilines is 2. The Bertz CT molecular complexity index is 1140. The van der Waals surface area contributed by atoms with Crippen LogP contribution in [0.1, 0.15) is 17.1 Å². The van der Waals surface area contributed by atoms with Gasteiger partial charge in [0.15, 0.2) is 0 Å². The molecule has 29 heavy (non-hydrogen) atoms. The fourth-order valence-corrected chi connectivity index (χ4v) is 3.06. The second-order valence-corrected chi connectivity index (χ2v) is 7.18. The molecule has 0 fully saturated rings. The van der Waals surface area contributed by atoms with Gasteiger partial charge in [0.05, 0.1) is 5.69 Å². The zero-order valence-electron chi connectivity index (χ0n) is 16.3. The lowest BCUT2D eigenvalue weighted by atomic mass is 10.3. The maximum absolute atomic E-state index is 5.90. The van der Waals surface area contributed by atoms with Crippen LogP contribution in [-0.4, -0.2) is 19.7 Å².